The molecule has 110 valence electrons. The molecule has 1 aliphatic rings. The average Bonchev–Trinajstić information content (AvgIpc) is 2.70. The van der Waals surface area contributed by atoms with Gasteiger partial charge in [-0.2, -0.15) is 5.10 Å². The Morgan fingerprint density at radius 3 is 2.55 bits per heavy atom. The van der Waals surface area contributed by atoms with Crippen molar-refractivity contribution in [2.75, 3.05) is 23.0 Å². The maximum Gasteiger partial charge on any atom is 0.323 e. The minimum atomic E-state index is -3.11. The number of aromatic nitrogens is 3. The first-order chi connectivity index (χ1) is 9.28. The van der Waals surface area contributed by atoms with Gasteiger partial charge in [-0.3, -0.25) is 4.79 Å². The van der Waals surface area contributed by atoms with E-state index in [1.165, 1.54) is 4.90 Å². The molecular formula is C11H16N4O4S. The van der Waals surface area contributed by atoms with Gasteiger partial charge < -0.3 is 10.0 Å². The molecule has 0 aromatic carbocycles. The Hall–Kier alpha value is -1.77. The molecule has 0 saturated carbocycles. The van der Waals surface area contributed by atoms with Crippen LogP contribution in [0.25, 0.3) is 0 Å². The minimum Gasteiger partial charge on any atom is -0.480 e. The van der Waals surface area contributed by atoms with Crippen LogP contribution in [0.15, 0.2) is 0 Å². The molecule has 2 heterocycles. The van der Waals surface area contributed by atoms with Crippen molar-refractivity contribution in [2.45, 2.75) is 26.3 Å². The number of carbonyl (C=O) groups is 1. The highest BCUT2D eigenvalue weighted by Gasteiger charge is 2.34. The molecule has 0 aliphatic carbocycles. The van der Waals surface area contributed by atoms with Crippen LogP contribution in [0, 0.1) is 13.8 Å². The molecule has 2 rings (SSSR count). The van der Waals surface area contributed by atoms with Crippen molar-refractivity contribution >= 4 is 21.8 Å². The SMILES string of the molecule is Cc1nnc(N(CC(=O)O)C2CCS(=O)(=O)C2)nc1C. The largest absolute Gasteiger partial charge is 0.480 e. The monoisotopic (exact) mass is 300 g/mol. The van der Waals surface area contributed by atoms with E-state index in [1.54, 1.807) is 13.8 Å². The zero-order valence-electron chi connectivity index (χ0n) is 11.3. The number of hydrogen-bond donors (Lipinski definition) is 1. The molecule has 9 heteroatoms. The summed E-state index contributed by atoms with van der Waals surface area (Å²) in [6, 6.07) is -0.417. The number of sulfone groups is 1. The topological polar surface area (TPSA) is 113 Å². The van der Waals surface area contributed by atoms with E-state index in [0.29, 0.717) is 17.8 Å². The fourth-order valence-electron chi connectivity index (χ4n) is 2.10. The van der Waals surface area contributed by atoms with Crippen LogP contribution in [-0.2, 0) is 14.6 Å². The third-order valence-corrected chi connectivity index (χ3v) is 5.04. The van der Waals surface area contributed by atoms with Crippen molar-refractivity contribution in [3.8, 4) is 0 Å². The fourth-order valence-corrected chi connectivity index (χ4v) is 3.83. The van der Waals surface area contributed by atoms with E-state index < -0.39 is 21.8 Å². The second-order valence-electron chi connectivity index (χ2n) is 4.86. The summed E-state index contributed by atoms with van der Waals surface area (Å²) >= 11 is 0. The number of hydrogen-bond acceptors (Lipinski definition) is 7. The number of carboxylic acids is 1. The molecule has 0 radical (unpaired) electrons. The highest BCUT2D eigenvalue weighted by atomic mass is 32.2. The van der Waals surface area contributed by atoms with Crippen LogP contribution in [0.3, 0.4) is 0 Å². The van der Waals surface area contributed by atoms with E-state index in [1.807, 2.05) is 0 Å². The minimum absolute atomic E-state index is 0.0616. The predicted molar refractivity (Wildman–Crippen MR) is 71.3 cm³/mol. The van der Waals surface area contributed by atoms with Crippen LogP contribution >= 0.6 is 0 Å². The molecule has 1 atom stereocenters. The summed E-state index contributed by atoms with van der Waals surface area (Å²) in [5.74, 6) is -0.906. The smallest absolute Gasteiger partial charge is 0.323 e. The van der Waals surface area contributed by atoms with Crippen molar-refractivity contribution < 1.29 is 18.3 Å². The number of aryl methyl sites for hydroxylation is 2. The Bertz CT molecular complexity index is 631. The first-order valence-electron chi connectivity index (χ1n) is 6.15. The first-order valence-corrected chi connectivity index (χ1v) is 7.97. The summed E-state index contributed by atoms with van der Waals surface area (Å²) < 4.78 is 23.1. The lowest BCUT2D eigenvalue weighted by atomic mass is 10.2. The third-order valence-electron chi connectivity index (χ3n) is 3.29. The number of rotatable bonds is 4. The van der Waals surface area contributed by atoms with Crippen LogP contribution in [0.2, 0.25) is 0 Å². The zero-order valence-corrected chi connectivity index (χ0v) is 12.1. The van der Waals surface area contributed by atoms with E-state index in [-0.39, 0.29) is 24.0 Å². The van der Waals surface area contributed by atoms with Crippen LogP contribution in [0.1, 0.15) is 17.8 Å². The zero-order chi connectivity index (χ0) is 14.9. The van der Waals surface area contributed by atoms with Gasteiger partial charge in [-0.1, -0.05) is 0 Å². The van der Waals surface area contributed by atoms with Crippen LogP contribution < -0.4 is 4.90 Å². The second-order valence-corrected chi connectivity index (χ2v) is 7.09. The fraction of sp³-hybridized carbons (Fsp3) is 0.636. The molecule has 1 aromatic rings. The lowest BCUT2D eigenvalue weighted by molar-refractivity contribution is -0.135. The standard InChI is InChI=1S/C11H16N4O4S/c1-7-8(2)13-14-11(12-7)15(5-10(16)17)9-3-4-20(18,19)6-9/h9H,3-6H2,1-2H3,(H,16,17). The Labute approximate surface area is 116 Å². The van der Waals surface area contributed by atoms with E-state index in [0.717, 1.165) is 0 Å². The Balaban J connectivity index is 2.32. The number of carboxylic acid groups (broad SMARTS) is 1. The molecular weight excluding hydrogens is 284 g/mol. The van der Waals surface area contributed by atoms with Crippen molar-refractivity contribution in [1.82, 2.24) is 15.2 Å². The van der Waals surface area contributed by atoms with Crippen LogP contribution in [0.5, 0.6) is 0 Å². The van der Waals surface area contributed by atoms with Gasteiger partial charge in [-0.05, 0) is 20.3 Å². The van der Waals surface area contributed by atoms with Gasteiger partial charge >= 0.3 is 5.97 Å². The third kappa shape index (κ3) is 3.21. The molecule has 0 spiro atoms. The van der Waals surface area contributed by atoms with Crippen molar-refractivity contribution in [3.63, 3.8) is 0 Å². The molecule has 1 unspecified atom stereocenters. The van der Waals surface area contributed by atoms with E-state index in [4.69, 9.17) is 5.11 Å². The molecule has 8 nitrogen and oxygen atoms in total. The van der Waals surface area contributed by atoms with Gasteiger partial charge in [-0.15, -0.1) is 5.10 Å². The van der Waals surface area contributed by atoms with Crippen molar-refractivity contribution in [1.29, 1.82) is 0 Å². The van der Waals surface area contributed by atoms with Gasteiger partial charge in [0.25, 0.3) is 0 Å². The molecule has 1 fully saturated rings. The summed E-state index contributed by atoms with van der Waals surface area (Å²) in [5, 5.41) is 16.8. The van der Waals surface area contributed by atoms with Crippen molar-refractivity contribution in [2.24, 2.45) is 0 Å². The van der Waals surface area contributed by atoms with Crippen LogP contribution in [0.4, 0.5) is 5.95 Å². The van der Waals surface area contributed by atoms with Gasteiger partial charge in [-0.25, -0.2) is 13.4 Å². The lowest BCUT2D eigenvalue weighted by Gasteiger charge is -2.26. The molecule has 20 heavy (non-hydrogen) atoms. The second kappa shape index (κ2) is 5.31. The number of nitrogens with zero attached hydrogens (tertiary/aromatic N) is 4. The molecule has 1 aromatic heterocycles. The van der Waals surface area contributed by atoms with Crippen molar-refractivity contribution in [3.05, 3.63) is 11.4 Å². The number of aliphatic carboxylic acids is 1. The molecule has 1 N–H and O–H groups in total. The van der Waals surface area contributed by atoms with Gasteiger partial charge in [0.2, 0.25) is 5.95 Å². The van der Waals surface area contributed by atoms with Gasteiger partial charge in [0.15, 0.2) is 9.84 Å². The summed E-state index contributed by atoms with van der Waals surface area (Å²) in [6.07, 6.45) is 0.381. The number of anilines is 1. The van der Waals surface area contributed by atoms with E-state index in [9.17, 15) is 13.2 Å². The normalized spacial score (nSPS) is 20.8. The quantitative estimate of drug-likeness (QED) is 0.796. The lowest BCUT2D eigenvalue weighted by Crippen LogP contribution is -2.41. The maximum absolute atomic E-state index is 11.6. The Morgan fingerprint density at radius 2 is 2.05 bits per heavy atom. The highest BCUT2D eigenvalue weighted by molar-refractivity contribution is 7.91. The summed E-state index contributed by atoms with van der Waals surface area (Å²) in [4.78, 5) is 16.6. The Kier molecular flexibility index (Phi) is 3.89. The van der Waals surface area contributed by atoms with E-state index in [2.05, 4.69) is 15.2 Å². The van der Waals surface area contributed by atoms with Crippen LogP contribution in [-0.4, -0.2) is 58.8 Å². The summed E-state index contributed by atoms with van der Waals surface area (Å²) in [6.45, 7) is 3.16. The molecule has 0 amide bonds. The van der Waals surface area contributed by atoms with Gasteiger partial charge in [0, 0.05) is 6.04 Å². The average molecular weight is 300 g/mol. The first kappa shape index (κ1) is 14.6. The molecule has 0 bridgehead atoms. The molecule has 1 saturated heterocycles. The molecule has 1 aliphatic heterocycles. The Morgan fingerprint density at radius 1 is 1.35 bits per heavy atom. The van der Waals surface area contributed by atoms with Gasteiger partial charge in [0.1, 0.15) is 6.54 Å². The summed E-state index contributed by atoms with van der Waals surface area (Å²) in [5.41, 5.74) is 1.30. The van der Waals surface area contributed by atoms with Gasteiger partial charge in [0.05, 0.1) is 22.9 Å². The summed E-state index contributed by atoms with van der Waals surface area (Å²) in [7, 11) is -3.11. The van der Waals surface area contributed by atoms with E-state index >= 15 is 0 Å². The predicted octanol–water partition coefficient (Wildman–Crippen LogP) is -0.433. The highest BCUT2D eigenvalue weighted by Crippen LogP contribution is 2.21. The maximum atomic E-state index is 11.6.